The molecule has 0 fully saturated rings. The van der Waals surface area contributed by atoms with Crippen LogP contribution in [0.4, 0.5) is 4.39 Å². The highest BCUT2D eigenvalue weighted by atomic mass is 19.1. The number of nitrogens with one attached hydrogen (secondary N) is 1. The smallest absolute Gasteiger partial charge is 0.322 e. The van der Waals surface area contributed by atoms with Gasteiger partial charge in [-0.25, -0.2) is 4.39 Å². The number of esters is 1. The van der Waals surface area contributed by atoms with Gasteiger partial charge in [-0.15, -0.1) is 0 Å². The van der Waals surface area contributed by atoms with Crippen molar-refractivity contribution in [3.05, 3.63) is 35.1 Å². The molecule has 1 rings (SSSR count). The second-order valence-corrected chi connectivity index (χ2v) is 5.00. The minimum Gasteiger partial charge on any atom is -0.468 e. The zero-order valence-corrected chi connectivity index (χ0v) is 11.9. The van der Waals surface area contributed by atoms with Crippen molar-refractivity contribution in [1.29, 1.82) is 5.26 Å². The van der Waals surface area contributed by atoms with Crippen molar-refractivity contribution in [2.45, 2.75) is 32.9 Å². The van der Waals surface area contributed by atoms with Gasteiger partial charge in [0.1, 0.15) is 11.9 Å². The van der Waals surface area contributed by atoms with Crippen LogP contribution in [0.25, 0.3) is 0 Å². The zero-order valence-electron chi connectivity index (χ0n) is 11.9. The molecule has 1 aromatic rings. The van der Waals surface area contributed by atoms with E-state index in [9.17, 15) is 9.18 Å². The van der Waals surface area contributed by atoms with Crippen molar-refractivity contribution in [3.63, 3.8) is 0 Å². The Morgan fingerprint density at radius 2 is 2.20 bits per heavy atom. The second kappa shape index (κ2) is 7.61. The molecule has 1 unspecified atom stereocenters. The normalized spacial score (nSPS) is 12.0. The Balaban J connectivity index is 2.79. The molecule has 0 saturated carbocycles. The molecule has 0 aliphatic rings. The van der Waals surface area contributed by atoms with Crippen LogP contribution < -0.4 is 5.32 Å². The van der Waals surface area contributed by atoms with Gasteiger partial charge < -0.3 is 10.1 Å². The number of nitriles is 1. The number of benzene rings is 1. The second-order valence-electron chi connectivity index (χ2n) is 5.00. The lowest BCUT2D eigenvalue weighted by Gasteiger charge is -2.18. The molecule has 5 heteroatoms. The van der Waals surface area contributed by atoms with Gasteiger partial charge in [0.25, 0.3) is 0 Å². The Kier molecular flexibility index (Phi) is 6.13. The number of methoxy groups -OCH3 is 1. The molecule has 0 radical (unpaired) electrons. The molecule has 1 aromatic carbocycles. The summed E-state index contributed by atoms with van der Waals surface area (Å²) >= 11 is 0. The predicted octanol–water partition coefficient (Wildman–Crippen LogP) is 2.37. The fraction of sp³-hybridized carbons (Fsp3) is 0.467. The van der Waals surface area contributed by atoms with E-state index in [0.717, 1.165) is 0 Å². The number of halogens is 1. The Bertz CT molecular complexity index is 509. The first kappa shape index (κ1) is 16.1. The fourth-order valence-corrected chi connectivity index (χ4v) is 1.93. The molecule has 0 aromatic heterocycles. The third kappa shape index (κ3) is 4.63. The molecule has 20 heavy (non-hydrogen) atoms. The molecule has 0 saturated heterocycles. The van der Waals surface area contributed by atoms with Gasteiger partial charge in [-0.2, -0.15) is 5.26 Å². The first-order valence-electron chi connectivity index (χ1n) is 6.47. The number of ether oxygens (including phenoxy) is 1. The summed E-state index contributed by atoms with van der Waals surface area (Å²) in [5.41, 5.74) is 0.928. The van der Waals surface area contributed by atoms with Crippen molar-refractivity contribution >= 4 is 5.97 Å². The number of hydrogen-bond acceptors (Lipinski definition) is 4. The van der Waals surface area contributed by atoms with Crippen molar-refractivity contribution in [2.24, 2.45) is 5.92 Å². The lowest BCUT2D eigenvalue weighted by molar-refractivity contribution is -0.143. The van der Waals surface area contributed by atoms with Gasteiger partial charge in [-0.1, -0.05) is 13.8 Å². The molecular weight excluding hydrogens is 259 g/mol. The highest BCUT2D eigenvalue weighted by Gasteiger charge is 2.20. The van der Waals surface area contributed by atoms with Gasteiger partial charge in [0, 0.05) is 6.54 Å². The summed E-state index contributed by atoms with van der Waals surface area (Å²) in [7, 11) is 1.33. The van der Waals surface area contributed by atoms with E-state index in [0.29, 0.717) is 23.5 Å². The average molecular weight is 278 g/mol. The highest BCUT2D eigenvalue weighted by molar-refractivity contribution is 5.75. The largest absolute Gasteiger partial charge is 0.468 e. The van der Waals surface area contributed by atoms with Gasteiger partial charge in [0.15, 0.2) is 0 Å². The van der Waals surface area contributed by atoms with Crippen LogP contribution in [0.2, 0.25) is 0 Å². The van der Waals surface area contributed by atoms with Crippen LogP contribution in [0.5, 0.6) is 0 Å². The van der Waals surface area contributed by atoms with Gasteiger partial charge in [-0.05, 0) is 36.1 Å². The number of carbonyl (C=O) groups is 1. The van der Waals surface area contributed by atoms with Gasteiger partial charge in [0.05, 0.1) is 18.7 Å². The number of carbonyl (C=O) groups excluding carboxylic acids is 1. The molecule has 0 heterocycles. The van der Waals surface area contributed by atoms with E-state index < -0.39 is 11.9 Å². The van der Waals surface area contributed by atoms with Crippen LogP contribution in [0.1, 0.15) is 31.4 Å². The number of rotatable bonds is 6. The first-order chi connectivity index (χ1) is 9.47. The van der Waals surface area contributed by atoms with Crippen molar-refractivity contribution in [3.8, 4) is 6.07 Å². The van der Waals surface area contributed by atoms with E-state index in [1.54, 1.807) is 0 Å². The third-order valence-corrected chi connectivity index (χ3v) is 2.92. The lowest BCUT2D eigenvalue weighted by atomic mass is 10.0. The summed E-state index contributed by atoms with van der Waals surface area (Å²) < 4.78 is 18.0. The first-order valence-corrected chi connectivity index (χ1v) is 6.47. The summed E-state index contributed by atoms with van der Waals surface area (Å²) in [6.07, 6.45) is 0.615. The van der Waals surface area contributed by atoms with Gasteiger partial charge in [-0.3, -0.25) is 4.79 Å². The van der Waals surface area contributed by atoms with Gasteiger partial charge >= 0.3 is 5.97 Å². The molecular formula is C15H19FN2O2. The molecule has 0 aliphatic carbocycles. The SMILES string of the molecule is COC(=O)C(CC(C)C)NCc1cc(F)ccc1C#N. The van der Waals surface area contributed by atoms with Gasteiger partial charge in [0.2, 0.25) is 0 Å². The Hall–Kier alpha value is -1.93. The van der Waals surface area contributed by atoms with E-state index in [1.807, 2.05) is 19.9 Å². The molecule has 108 valence electrons. The zero-order chi connectivity index (χ0) is 15.1. The standard InChI is InChI=1S/C15H19FN2O2/c1-10(2)6-14(15(19)20-3)18-9-12-7-13(16)5-4-11(12)8-17/h4-5,7,10,14,18H,6,9H2,1-3H3. The van der Waals surface area contributed by atoms with Crippen molar-refractivity contribution in [2.75, 3.05) is 7.11 Å². The Morgan fingerprint density at radius 3 is 2.75 bits per heavy atom. The number of nitrogens with zero attached hydrogens (tertiary/aromatic N) is 1. The summed E-state index contributed by atoms with van der Waals surface area (Å²) in [5, 5.41) is 12.0. The fourth-order valence-electron chi connectivity index (χ4n) is 1.93. The van der Waals surface area contributed by atoms with E-state index in [-0.39, 0.29) is 12.5 Å². The summed E-state index contributed by atoms with van der Waals surface area (Å²) in [6.45, 7) is 4.24. The molecule has 0 amide bonds. The maximum Gasteiger partial charge on any atom is 0.322 e. The van der Waals surface area contributed by atoms with Crippen LogP contribution in [0, 0.1) is 23.1 Å². The molecule has 4 nitrogen and oxygen atoms in total. The topological polar surface area (TPSA) is 62.1 Å². The van der Waals surface area contributed by atoms with Crippen LogP contribution >= 0.6 is 0 Å². The van der Waals surface area contributed by atoms with E-state index >= 15 is 0 Å². The summed E-state index contributed by atoms with van der Waals surface area (Å²) in [5.74, 6) is -0.442. The molecule has 0 aliphatic heterocycles. The summed E-state index contributed by atoms with van der Waals surface area (Å²) in [4.78, 5) is 11.7. The highest BCUT2D eigenvalue weighted by Crippen LogP contribution is 2.12. The third-order valence-electron chi connectivity index (χ3n) is 2.92. The molecule has 0 spiro atoms. The molecule has 1 N–H and O–H groups in total. The van der Waals surface area contributed by atoms with Crippen LogP contribution in [0.15, 0.2) is 18.2 Å². The maximum absolute atomic E-state index is 13.2. The van der Waals surface area contributed by atoms with Crippen molar-refractivity contribution < 1.29 is 13.9 Å². The van der Waals surface area contributed by atoms with Crippen LogP contribution in [-0.2, 0) is 16.1 Å². The number of hydrogen-bond donors (Lipinski definition) is 1. The lowest BCUT2D eigenvalue weighted by Crippen LogP contribution is -2.38. The van der Waals surface area contributed by atoms with E-state index in [4.69, 9.17) is 10.00 Å². The van der Waals surface area contributed by atoms with E-state index in [2.05, 4.69) is 5.32 Å². The average Bonchev–Trinajstić information content (AvgIpc) is 2.42. The Labute approximate surface area is 118 Å². The van der Waals surface area contributed by atoms with E-state index in [1.165, 1.54) is 25.3 Å². The van der Waals surface area contributed by atoms with Crippen molar-refractivity contribution in [1.82, 2.24) is 5.32 Å². The summed E-state index contributed by atoms with van der Waals surface area (Å²) in [6, 6.07) is 5.52. The monoisotopic (exact) mass is 278 g/mol. The maximum atomic E-state index is 13.2. The molecule has 1 atom stereocenters. The molecule has 0 bridgehead atoms. The minimum absolute atomic E-state index is 0.243. The quantitative estimate of drug-likeness (QED) is 0.811. The predicted molar refractivity (Wildman–Crippen MR) is 73.2 cm³/mol. The minimum atomic E-state index is -0.463. The van der Waals surface area contributed by atoms with Crippen LogP contribution in [0.3, 0.4) is 0 Å². The Morgan fingerprint density at radius 1 is 1.50 bits per heavy atom. The van der Waals surface area contributed by atoms with Crippen LogP contribution in [-0.4, -0.2) is 19.1 Å².